The van der Waals surface area contributed by atoms with Gasteiger partial charge in [-0.05, 0) is 78.0 Å². The predicted octanol–water partition coefficient (Wildman–Crippen LogP) is 6.49. The normalized spacial score (nSPS) is 29.6. The number of carbonyl (C=O) groups is 2. The molecule has 0 aliphatic heterocycles. The third kappa shape index (κ3) is 3.15. The summed E-state index contributed by atoms with van der Waals surface area (Å²) in [4.78, 5) is 26.7. The molecule has 0 saturated heterocycles. The van der Waals surface area contributed by atoms with E-state index in [-0.39, 0.29) is 28.4 Å². The van der Waals surface area contributed by atoms with Gasteiger partial charge < -0.3 is 0 Å². The predicted molar refractivity (Wildman–Crippen MR) is 112 cm³/mol. The Kier molecular flexibility index (Phi) is 4.81. The van der Waals surface area contributed by atoms with Gasteiger partial charge in [-0.1, -0.05) is 36.7 Å². The third-order valence-electron chi connectivity index (χ3n) is 7.59. The molecule has 3 fully saturated rings. The number of aryl methyl sites for hydroxylation is 1. The first kappa shape index (κ1) is 20.7. The van der Waals surface area contributed by atoms with Gasteiger partial charge in [-0.3, -0.25) is 9.59 Å². The second kappa shape index (κ2) is 7.19. The summed E-state index contributed by atoms with van der Waals surface area (Å²) in [6.45, 7) is 1.96. The maximum Gasteiger partial charge on any atom is 0.417 e. The quantitative estimate of drug-likeness (QED) is 0.505. The molecule has 0 aromatic heterocycles. The van der Waals surface area contributed by atoms with E-state index in [0.29, 0.717) is 34.9 Å². The number of ketones is 2. The van der Waals surface area contributed by atoms with E-state index in [1.54, 1.807) is 12.1 Å². The number of fused-ring (bicyclic) bond motifs is 5. The minimum atomic E-state index is -4.56. The number of halogens is 4. The molecule has 0 radical (unpaired) electrons. The number of Topliss-reactive ketones (excluding diaryl/α,β-unsaturated/α-hetero) is 2. The van der Waals surface area contributed by atoms with E-state index in [1.807, 2.05) is 13.0 Å². The van der Waals surface area contributed by atoms with Gasteiger partial charge in [0.2, 0.25) is 0 Å². The maximum atomic E-state index is 13.3. The Hall–Kier alpha value is -2.14. The summed E-state index contributed by atoms with van der Waals surface area (Å²) >= 11 is 5.77. The van der Waals surface area contributed by atoms with Crippen molar-refractivity contribution in [3.63, 3.8) is 0 Å². The first-order valence-corrected chi connectivity index (χ1v) is 11.2. The molecule has 0 heterocycles. The number of carbonyl (C=O) groups excluding carboxylic acids is 2. The molecule has 2 bridgehead atoms. The molecule has 0 spiro atoms. The van der Waals surface area contributed by atoms with Crippen molar-refractivity contribution in [3.05, 3.63) is 58.1 Å². The molecule has 4 atom stereocenters. The second-order valence-electron chi connectivity index (χ2n) is 9.08. The second-order valence-corrected chi connectivity index (χ2v) is 9.49. The van der Waals surface area contributed by atoms with E-state index in [9.17, 15) is 22.8 Å². The van der Waals surface area contributed by atoms with E-state index in [1.165, 1.54) is 12.1 Å². The van der Waals surface area contributed by atoms with E-state index < -0.39 is 17.7 Å². The molecule has 2 aromatic carbocycles. The summed E-state index contributed by atoms with van der Waals surface area (Å²) in [5.41, 5.74) is 1.57. The Balaban J connectivity index is 1.58. The smallest absolute Gasteiger partial charge is 0.298 e. The molecule has 31 heavy (non-hydrogen) atoms. The largest absolute Gasteiger partial charge is 0.417 e. The van der Waals surface area contributed by atoms with Gasteiger partial charge in [-0.15, -0.1) is 0 Å². The molecule has 6 heteroatoms. The van der Waals surface area contributed by atoms with Crippen LogP contribution in [0.25, 0.3) is 11.1 Å². The number of hydrogen-bond donors (Lipinski definition) is 0. The van der Waals surface area contributed by atoms with Crippen LogP contribution in [0.4, 0.5) is 13.2 Å². The fourth-order valence-corrected chi connectivity index (χ4v) is 6.45. The summed E-state index contributed by atoms with van der Waals surface area (Å²) < 4.78 is 40.0. The molecule has 5 rings (SSSR count). The zero-order chi connectivity index (χ0) is 22.1. The van der Waals surface area contributed by atoms with Crippen LogP contribution in [-0.4, -0.2) is 11.6 Å². The molecule has 162 valence electrons. The Morgan fingerprint density at radius 3 is 2.10 bits per heavy atom. The lowest BCUT2D eigenvalue weighted by Crippen LogP contribution is -2.24. The Morgan fingerprint density at radius 2 is 1.52 bits per heavy atom. The number of benzene rings is 2. The molecule has 0 N–H and O–H groups in total. The van der Waals surface area contributed by atoms with E-state index in [4.69, 9.17) is 11.6 Å². The highest BCUT2D eigenvalue weighted by molar-refractivity contribution is 6.31. The minimum absolute atomic E-state index is 0.0149. The van der Waals surface area contributed by atoms with E-state index in [2.05, 4.69) is 0 Å². The van der Waals surface area contributed by atoms with Crippen molar-refractivity contribution in [2.24, 2.45) is 23.7 Å². The summed E-state index contributed by atoms with van der Waals surface area (Å²) in [6, 6.07) is 9.12. The van der Waals surface area contributed by atoms with Crippen LogP contribution < -0.4 is 0 Å². The van der Waals surface area contributed by atoms with Gasteiger partial charge >= 0.3 is 6.18 Å². The summed E-state index contributed by atoms with van der Waals surface area (Å²) in [6.07, 6.45) is -0.908. The topological polar surface area (TPSA) is 34.1 Å². The lowest BCUT2D eigenvalue weighted by atomic mass is 9.81. The van der Waals surface area contributed by atoms with E-state index >= 15 is 0 Å². The third-order valence-corrected chi connectivity index (χ3v) is 7.91. The molecule has 3 saturated carbocycles. The molecule has 3 aliphatic carbocycles. The van der Waals surface area contributed by atoms with Crippen LogP contribution in [0.5, 0.6) is 0 Å². The Labute approximate surface area is 183 Å². The van der Waals surface area contributed by atoms with Crippen molar-refractivity contribution in [1.29, 1.82) is 0 Å². The highest BCUT2D eigenvalue weighted by Gasteiger charge is 2.61. The summed E-state index contributed by atoms with van der Waals surface area (Å²) in [5, 5.41) is -0.355. The molecular weight excluding hydrogens is 425 g/mol. The van der Waals surface area contributed by atoms with Gasteiger partial charge in [-0.2, -0.15) is 13.2 Å². The standard InChI is InChI=1S/C25H22ClF3O2/c1-2-12-3-4-13(14-7-8-19(26)18(11-14)25(27,28)29)10-17(12)22-23(30)20-15-5-6-16(9-15)21(20)24(22)31/h3-4,7-8,10-11,15-16,20-22H,2,5-6,9H2,1H3. The average Bonchev–Trinajstić information content (AvgIpc) is 3.41. The maximum absolute atomic E-state index is 13.3. The van der Waals surface area contributed by atoms with Crippen molar-refractivity contribution in [3.8, 4) is 11.1 Å². The number of rotatable bonds is 3. The van der Waals surface area contributed by atoms with Gasteiger partial charge in [0.25, 0.3) is 0 Å². The first-order valence-electron chi connectivity index (χ1n) is 10.8. The Bertz CT molecular complexity index is 1060. The fraction of sp³-hybridized carbons (Fsp3) is 0.440. The molecule has 2 nitrogen and oxygen atoms in total. The zero-order valence-corrected chi connectivity index (χ0v) is 17.8. The van der Waals surface area contributed by atoms with Gasteiger partial charge in [0.05, 0.1) is 10.6 Å². The van der Waals surface area contributed by atoms with Crippen LogP contribution in [0.3, 0.4) is 0 Å². The van der Waals surface area contributed by atoms with Gasteiger partial charge in [0.1, 0.15) is 5.92 Å². The molecule has 2 aromatic rings. The van der Waals surface area contributed by atoms with Gasteiger partial charge in [-0.25, -0.2) is 0 Å². The molecular formula is C25H22ClF3O2. The minimum Gasteiger partial charge on any atom is -0.298 e. The first-order chi connectivity index (χ1) is 14.7. The molecule has 4 unspecified atom stereocenters. The van der Waals surface area contributed by atoms with Crippen LogP contribution in [0, 0.1) is 23.7 Å². The van der Waals surface area contributed by atoms with E-state index in [0.717, 1.165) is 30.9 Å². The monoisotopic (exact) mass is 446 g/mol. The van der Waals surface area contributed by atoms with Crippen molar-refractivity contribution < 1.29 is 22.8 Å². The van der Waals surface area contributed by atoms with Crippen LogP contribution >= 0.6 is 11.6 Å². The van der Waals surface area contributed by atoms with Crippen molar-refractivity contribution in [1.82, 2.24) is 0 Å². The Morgan fingerprint density at radius 1 is 0.935 bits per heavy atom. The number of alkyl halides is 3. The lowest BCUT2D eigenvalue weighted by molar-refractivity contribution is -0.137. The van der Waals surface area contributed by atoms with Crippen molar-refractivity contribution in [2.75, 3.05) is 0 Å². The van der Waals surface area contributed by atoms with Gasteiger partial charge in [0, 0.05) is 11.8 Å². The fourth-order valence-electron chi connectivity index (χ4n) is 6.23. The van der Waals surface area contributed by atoms with Crippen LogP contribution in [0.1, 0.15) is 48.8 Å². The van der Waals surface area contributed by atoms with Crippen LogP contribution in [-0.2, 0) is 22.2 Å². The van der Waals surface area contributed by atoms with Crippen LogP contribution in [0.2, 0.25) is 5.02 Å². The van der Waals surface area contributed by atoms with Crippen LogP contribution in [0.15, 0.2) is 36.4 Å². The summed E-state index contributed by atoms with van der Waals surface area (Å²) in [5.74, 6) is -0.468. The highest BCUT2D eigenvalue weighted by atomic mass is 35.5. The van der Waals surface area contributed by atoms with Crippen molar-refractivity contribution >= 4 is 23.2 Å². The average molecular weight is 447 g/mol. The zero-order valence-electron chi connectivity index (χ0n) is 17.0. The number of hydrogen-bond acceptors (Lipinski definition) is 2. The molecule has 0 amide bonds. The van der Waals surface area contributed by atoms with Gasteiger partial charge in [0.15, 0.2) is 11.6 Å². The SMILES string of the molecule is CCc1ccc(-c2ccc(Cl)c(C(F)(F)F)c2)cc1C1C(=O)C2C3CCC(C3)C2C1=O. The lowest BCUT2D eigenvalue weighted by Gasteiger charge is -2.21. The highest BCUT2D eigenvalue weighted by Crippen LogP contribution is 2.59. The molecule has 3 aliphatic rings. The summed E-state index contributed by atoms with van der Waals surface area (Å²) in [7, 11) is 0. The van der Waals surface area contributed by atoms with Crippen molar-refractivity contribution in [2.45, 2.75) is 44.7 Å².